The molecule has 0 saturated carbocycles. The Hall–Kier alpha value is -5.15. The van der Waals surface area contributed by atoms with Gasteiger partial charge in [0, 0.05) is 22.6 Å². The van der Waals surface area contributed by atoms with Gasteiger partial charge in [-0.2, -0.15) is 0 Å². The van der Waals surface area contributed by atoms with Crippen LogP contribution in [0.5, 0.6) is 5.75 Å². The van der Waals surface area contributed by atoms with E-state index in [1.165, 1.54) is 16.7 Å². The Morgan fingerprint density at radius 1 is 0.884 bits per heavy atom. The van der Waals surface area contributed by atoms with Gasteiger partial charge in [0.25, 0.3) is 11.8 Å². The number of carbonyl (C=O) groups is 4. The third-order valence-corrected chi connectivity index (χ3v) is 7.74. The molecule has 1 saturated heterocycles. The van der Waals surface area contributed by atoms with Gasteiger partial charge in [0.05, 0.1) is 17.5 Å². The maximum absolute atomic E-state index is 13.3. The van der Waals surface area contributed by atoms with Crippen LogP contribution < -0.4 is 20.3 Å². The largest absolute Gasteiger partial charge is 0.494 e. The van der Waals surface area contributed by atoms with E-state index in [9.17, 15) is 19.2 Å². The first-order valence-electron chi connectivity index (χ1n) is 13.7. The normalized spacial score (nSPS) is 14.9. The zero-order valence-corrected chi connectivity index (χ0v) is 24.2. The average molecular weight is 592 g/mol. The molecule has 9 heteroatoms. The van der Waals surface area contributed by atoms with E-state index in [-0.39, 0.29) is 23.9 Å². The Bertz CT molecular complexity index is 1640. The zero-order valence-electron chi connectivity index (χ0n) is 23.4. The lowest BCUT2D eigenvalue weighted by atomic mass is 10.1. The number of benzene rings is 4. The van der Waals surface area contributed by atoms with Crippen LogP contribution in [0.3, 0.4) is 0 Å². The number of hydrogen-bond donors (Lipinski definition) is 2. The number of nitrogens with one attached hydrogen (secondary N) is 2. The third kappa shape index (κ3) is 7.38. The molecule has 2 N–H and O–H groups in total. The molecule has 1 heterocycles. The van der Waals surface area contributed by atoms with E-state index < -0.39 is 17.1 Å². The number of thioether (sulfide) groups is 1. The zero-order chi connectivity index (χ0) is 30.2. The van der Waals surface area contributed by atoms with Crippen molar-refractivity contribution in [3.8, 4) is 5.75 Å². The lowest BCUT2D eigenvalue weighted by Gasteiger charge is -2.15. The van der Waals surface area contributed by atoms with Crippen LogP contribution in [-0.4, -0.2) is 35.5 Å². The summed E-state index contributed by atoms with van der Waals surface area (Å²) in [6.45, 7) is 2.41. The van der Waals surface area contributed by atoms with Crippen molar-refractivity contribution in [3.05, 3.63) is 126 Å². The van der Waals surface area contributed by atoms with E-state index in [1.54, 1.807) is 78.9 Å². The molecule has 0 aromatic heterocycles. The SMILES string of the molecule is CCOc1ccc(N2C(=O)CC(Sc3ccc(NC(=O)/C(=C/c4ccccc4)NC(=O)c4ccccc4)cc3)C2=O)cc1. The second-order valence-electron chi connectivity index (χ2n) is 9.57. The Balaban J connectivity index is 1.25. The number of amides is 4. The van der Waals surface area contributed by atoms with E-state index >= 15 is 0 Å². The highest BCUT2D eigenvalue weighted by Gasteiger charge is 2.40. The smallest absolute Gasteiger partial charge is 0.272 e. The average Bonchev–Trinajstić information content (AvgIpc) is 3.31. The minimum Gasteiger partial charge on any atom is -0.494 e. The summed E-state index contributed by atoms with van der Waals surface area (Å²) >= 11 is 1.30. The maximum Gasteiger partial charge on any atom is 0.272 e. The molecule has 1 fully saturated rings. The first-order chi connectivity index (χ1) is 20.9. The molecule has 0 spiro atoms. The van der Waals surface area contributed by atoms with Crippen LogP contribution in [0.4, 0.5) is 11.4 Å². The minimum atomic E-state index is -0.562. The van der Waals surface area contributed by atoms with Crippen molar-refractivity contribution >= 4 is 52.8 Å². The van der Waals surface area contributed by atoms with E-state index in [2.05, 4.69) is 10.6 Å². The van der Waals surface area contributed by atoms with Gasteiger partial charge in [-0.3, -0.25) is 19.2 Å². The van der Waals surface area contributed by atoms with Gasteiger partial charge in [-0.15, -0.1) is 11.8 Å². The van der Waals surface area contributed by atoms with Crippen LogP contribution in [0.1, 0.15) is 29.3 Å². The van der Waals surface area contributed by atoms with Crippen molar-refractivity contribution < 1.29 is 23.9 Å². The van der Waals surface area contributed by atoms with Crippen molar-refractivity contribution in [2.24, 2.45) is 0 Å². The summed E-state index contributed by atoms with van der Waals surface area (Å²) in [7, 11) is 0. The highest BCUT2D eigenvalue weighted by atomic mass is 32.2. The summed E-state index contributed by atoms with van der Waals surface area (Å²) in [6, 6.07) is 31.7. The summed E-state index contributed by atoms with van der Waals surface area (Å²) < 4.78 is 5.45. The van der Waals surface area contributed by atoms with E-state index in [0.29, 0.717) is 29.3 Å². The summed E-state index contributed by atoms with van der Waals surface area (Å²) in [5.74, 6) is -0.757. The number of ether oxygens (including phenoxy) is 1. The van der Waals surface area contributed by atoms with Gasteiger partial charge < -0.3 is 15.4 Å². The van der Waals surface area contributed by atoms with Crippen LogP contribution in [0.25, 0.3) is 6.08 Å². The van der Waals surface area contributed by atoms with Crippen LogP contribution in [0, 0.1) is 0 Å². The third-order valence-electron chi connectivity index (χ3n) is 6.54. The van der Waals surface area contributed by atoms with Crippen LogP contribution in [0.2, 0.25) is 0 Å². The van der Waals surface area contributed by atoms with Gasteiger partial charge in [-0.05, 0) is 79.2 Å². The molecule has 1 atom stereocenters. The monoisotopic (exact) mass is 591 g/mol. The topological polar surface area (TPSA) is 105 Å². The second kappa shape index (κ2) is 13.7. The molecule has 1 unspecified atom stereocenters. The van der Waals surface area contributed by atoms with Crippen LogP contribution >= 0.6 is 11.8 Å². The molecular weight excluding hydrogens is 562 g/mol. The predicted octanol–water partition coefficient (Wildman–Crippen LogP) is 5.92. The quantitative estimate of drug-likeness (QED) is 0.175. The molecule has 4 amide bonds. The summed E-state index contributed by atoms with van der Waals surface area (Å²) in [5.41, 5.74) is 2.29. The molecule has 0 bridgehead atoms. The number of hydrogen-bond acceptors (Lipinski definition) is 6. The first kappa shape index (κ1) is 29.3. The molecule has 43 heavy (non-hydrogen) atoms. The summed E-state index contributed by atoms with van der Waals surface area (Å²) in [5, 5.41) is 4.99. The molecule has 216 valence electrons. The van der Waals surface area contributed by atoms with Gasteiger partial charge in [-0.1, -0.05) is 48.5 Å². The van der Waals surface area contributed by atoms with Crippen LogP contribution in [-0.2, 0) is 14.4 Å². The molecule has 0 aliphatic carbocycles. The maximum atomic E-state index is 13.3. The Morgan fingerprint density at radius 3 is 2.19 bits per heavy atom. The van der Waals surface area contributed by atoms with Crippen molar-refractivity contribution in [3.63, 3.8) is 0 Å². The van der Waals surface area contributed by atoms with Crippen molar-refractivity contribution in [2.75, 3.05) is 16.8 Å². The Kier molecular flexibility index (Phi) is 9.33. The Labute approximate surface area is 253 Å². The second-order valence-corrected chi connectivity index (χ2v) is 10.8. The fourth-order valence-electron chi connectivity index (χ4n) is 4.46. The lowest BCUT2D eigenvalue weighted by molar-refractivity contribution is -0.121. The van der Waals surface area contributed by atoms with E-state index in [1.807, 2.05) is 43.3 Å². The van der Waals surface area contributed by atoms with Gasteiger partial charge >= 0.3 is 0 Å². The van der Waals surface area contributed by atoms with Crippen LogP contribution in [0.15, 0.2) is 120 Å². The van der Waals surface area contributed by atoms with E-state index in [4.69, 9.17) is 4.74 Å². The summed E-state index contributed by atoms with van der Waals surface area (Å²) in [4.78, 5) is 53.9. The van der Waals surface area contributed by atoms with Gasteiger partial charge in [0.1, 0.15) is 11.4 Å². The number of anilines is 2. The molecule has 4 aromatic rings. The van der Waals surface area contributed by atoms with E-state index in [0.717, 1.165) is 10.5 Å². The molecular formula is C34H29N3O5S. The van der Waals surface area contributed by atoms with Crippen molar-refractivity contribution in [1.82, 2.24) is 5.32 Å². The molecule has 8 nitrogen and oxygen atoms in total. The Morgan fingerprint density at radius 2 is 1.53 bits per heavy atom. The van der Waals surface area contributed by atoms with Crippen molar-refractivity contribution in [1.29, 1.82) is 0 Å². The number of rotatable bonds is 10. The fourth-order valence-corrected chi connectivity index (χ4v) is 5.52. The van der Waals surface area contributed by atoms with Gasteiger partial charge in [-0.25, -0.2) is 4.90 Å². The highest BCUT2D eigenvalue weighted by Crippen LogP contribution is 2.35. The highest BCUT2D eigenvalue weighted by molar-refractivity contribution is 8.00. The minimum absolute atomic E-state index is 0.0861. The molecule has 5 rings (SSSR count). The van der Waals surface area contributed by atoms with Gasteiger partial charge in [0.15, 0.2) is 0 Å². The molecule has 1 aliphatic rings. The molecule has 1 aliphatic heterocycles. The predicted molar refractivity (Wildman–Crippen MR) is 168 cm³/mol. The van der Waals surface area contributed by atoms with Crippen molar-refractivity contribution in [2.45, 2.75) is 23.5 Å². The lowest BCUT2D eigenvalue weighted by Crippen LogP contribution is -2.31. The molecule has 4 aromatic carbocycles. The standard InChI is InChI=1S/C34H29N3O5S/c1-2-42-27-17-15-26(16-18-27)37-31(38)22-30(34(37)41)43-28-19-13-25(14-20-28)35-33(40)29(21-23-9-5-3-6-10-23)36-32(39)24-11-7-4-8-12-24/h3-21,30H,2,22H2,1H3,(H,35,40)(H,36,39)/b29-21-. The van der Waals surface area contributed by atoms with Gasteiger partial charge in [0.2, 0.25) is 11.8 Å². The fraction of sp³-hybridized carbons (Fsp3) is 0.118. The number of nitrogens with zero attached hydrogens (tertiary/aromatic N) is 1. The molecule has 0 radical (unpaired) electrons. The number of carbonyl (C=O) groups excluding carboxylic acids is 4. The number of imide groups is 1. The summed E-state index contributed by atoms with van der Waals surface area (Å²) in [6.07, 6.45) is 1.70. The first-order valence-corrected chi connectivity index (χ1v) is 14.6.